The van der Waals surface area contributed by atoms with Gasteiger partial charge in [-0.3, -0.25) is 9.59 Å². The second kappa shape index (κ2) is 9.20. The van der Waals surface area contributed by atoms with Crippen LogP contribution in [0.15, 0.2) is 54.1 Å². The Morgan fingerprint density at radius 3 is 2.48 bits per heavy atom. The fraction of sp³-hybridized carbons (Fsp3) is 0.190. The van der Waals surface area contributed by atoms with Gasteiger partial charge >= 0.3 is 0 Å². The molecule has 6 heteroatoms. The van der Waals surface area contributed by atoms with Gasteiger partial charge < -0.3 is 15.0 Å². The molecule has 2 rings (SSSR count). The quantitative estimate of drug-likeness (QED) is 0.630. The van der Waals surface area contributed by atoms with Crippen molar-refractivity contribution < 1.29 is 14.3 Å². The average molecular weight is 363 g/mol. The molecule has 2 aromatic carbocycles. The second-order valence-corrected chi connectivity index (χ2v) is 5.91. The van der Waals surface area contributed by atoms with E-state index >= 15 is 0 Å². The van der Waals surface area contributed by atoms with Gasteiger partial charge in [0, 0.05) is 25.3 Å². The van der Waals surface area contributed by atoms with E-state index in [2.05, 4.69) is 5.32 Å². The Balaban J connectivity index is 2.14. The number of carbonyl (C=O) groups is 2. The monoisotopic (exact) mass is 363 g/mol. The molecule has 27 heavy (non-hydrogen) atoms. The summed E-state index contributed by atoms with van der Waals surface area (Å²) in [6.07, 6.45) is 1.50. The van der Waals surface area contributed by atoms with Gasteiger partial charge in [-0.1, -0.05) is 12.1 Å². The van der Waals surface area contributed by atoms with Crippen LogP contribution >= 0.6 is 0 Å². The van der Waals surface area contributed by atoms with E-state index in [0.717, 1.165) is 0 Å². The zero-order valence-corrected chi connectivity index (χ0v) is 15.5. The molecular formula is C21H21N3O3. The van der Waals surface area contributed by atoms with Crippen LogP contribution in [0, 0.1) is 11.3 Å². The zero-order chi connectivity index (χ0) is 19.8. The maximum Gasteiger partial charge on any atom is 0.266 e. The van der Waals surface area contributed by atoms with Crippen molar-refractivity contribution in [3.8, 4) is 11.8 Å². The second-order valence-electron chi connectivity index (χ2n) is 5.91. The molecular weight excluding hydrogens is 342 g/mol. The molecule has 1 N–H and O–H groups in total. The number of nitrogens with one attached hydrogen (secondary N) is 1. The Morgan fingerprint density at radius 1 is 1.19 bits per heavy atom. The summed E-state index contributed by atoms with van der Waals surface area (Å²) in [4.78, 5) is 25.7. The van der Waals surface area contributed by atoms with Gasteiger partial charge in [-0.15, -0.1) is 0 Å². The van der Waals surface area contributed by atoms with E-state index in [1.54, 1.807) is 56.6 Å². The normalized spacial score (nSPS) is 10.7. The van der Waals surface area contributed by atoms with Crippen LogP contribution in [-0.4, -0.2) is 37.4 Å². The molecule has 138 valence electrons. The first-order valence-electron chi connectivity index (χ1n) is 8.42. The van der Waals surface area contributed by atoms with E-state index in [9.17, 15) is 14.9 Å². The van der Waals surface area contributed by atoms with Crippen LogP contribution in [0.4, 0.5) is 5.69 Å². The van der Waals surface area contributed by atoms with Gasteiger partial charge in [-0.25, -0.2) is 0 Å². The molecule has 0 saturated heterocycles. The number of carbonyl (C=O) groups excluding carboxylic acids is 2. The van der Waals surface area contributed by atoms with Crippen molar-refractivity contribution in [1.29, 1.82) is 5.26 Å². The van der Waals surface area contributed by atoms with Crippen molar-refractivity contribution in [2.75, 3.05) is 26.0 Å². The highest BCUT2D eigenvalue weighted by atomic mass is 16.5. The first-order valence-corrected chi connectivity index (χ1v) is 8.42. The van der Waals surface area contributed by atoms with Crippen molar-refractivity contribution in [3.63, 3.8) is 0 Å². The number of rotatable bonds is 6. The zero-order valence-electron chi connectivity index (χ0n) is 15.5. The molecule has 2 aromatic rings. The number of benzene rings is 2. The highest BCUT2D eigenvalue weighted by molar-refractivity contribution is 6.09. The van der Waals surface area contributed by atoms with Crippen molar-refractivity contribution in [3.05, 3.63) is 65.2 Å². The number of ether oxygens (including phenoxy) is 1. The summed E-state index contributed by atoms with van der Waals surface area (Å²) in [5.74, 6) is 0.0239. The number of nitriles is 1. The SMILES string of the molecule is CCOc1cccc(/C=C(\C#N)C(=O)Nc2ccc(C(=O)N(C)C)cc2)c1. The van der Waals surface area contributed by atoms with Crippen LogP contribution in [0.2, 0.25) is 0 Å². The fourth-order valence-electron chi connectivity index (χ4n) is 2.33. The Morgan fingerprint density at radius 2 is 1.89 bits per heavy atom. The summed E-state index contributed by atoms with van der Waals surface area (Å²) in [6, 6.07) is 15.6. The molecule has 0 unspecified atom stereocenters. The molecule has 0 saturated carbocycles. The lowest BCUT2D eigenvalue weighted by Gasteiger charge is -2.11. The smallest absolute Gasteiger partial charge is 0.266 e. The number of anilines is 1. The molecule has 0 aliphatic carbocycles. The molecule has 0 aliphatic rings. The topological polar surface area (TPSA) is 82.4 Å². The largest absolute Gasteiger partial charge is 0.494 e. The minimum absolute atomic E-state index is 0.0305. The van der Waals surface area contributed by atoms with E-state index in [-0.39, 0.29) is 11.5 Å². The molecule has 0 atom stereocenters. The lowest BCUT2D eigenvalue weighted by atomic mass is 10.1. The summed E-state index contributed by atoms with van der Waals surface area (Å²) in [7, 11) is 3.34. The van der Waals surface area contributed by atoms with Crippen LogP contribution in [-0.2, 0) is 4.79 Å². The van der Waals surface area contributed by atoms with E-state index in [1.807, 2.05) is 19.1 Å². The lowest BCUT2D eigenvalue weighted by Crippen LogP contribution is -2.21. The summed E-state index contributed by atoms with van der Waals surface area (Å²) in [6.45, 7) is 2.42. The van der Waals surface area contributed by atoms with Crippen LogP contribution in [0.3, 0.4) is 0 Å². The predicted octanol–water partition coefficient (Wildman–Crippen LogP) is 3.33. The van der Waals surface area contributed by atoms with E-state index in [0.29, 0.717) is 29.2 Å². The van der Waals surface area contributed by atoms with Gasteiger partial charge in [0.05, 0.1) is 6.61 Å². The summed E-state index contributed by atoms with van der Waals surface area (Å²) >= 11 is 0. The summed E-state index contributed by atoms with van der Waals surface area (Å²) in [5, 5.41) is 12.0. The fourth-order valence-corrected chi connectivity index (χ4v) is 2.33. The summed E-state index contributed by atoms with van der Waals surface area (Å²) in [5.41, 5.74) is 1.68. The lowest BCUT2D eigenvalue weighted by molar-refractivity contribution is -0.112. The molecule has 0 aliphatic heterocycles. The number of nitrogens with zero attached hydrogens (tertiary/aromatic N) is 2. The average Bonchev–Trinajstić information content (AvgIpc) is 2.66. The maximum atomic E-state index is 12.4. The van der Waals surface area contributed by atoms with Crippen molar-refractivity contribution in [2.24, 2.45) is 0 Å². The van der Waals surface area contributed by atoms with Crippen LogP contribution in [0.25, 0.3) is 6.08 Å². The van der Waals surface area contributed by atoms with Crippen molar-refractivity contribution in [2.45, 2.75) is 6.92 Å². The van der Waals surface area contributed by atoms with E-state index < -0.39 is 5.91 Å². The third-order valence-corrected chi connectivity index (χ3v) is 3.64. The molecule has 0 bridgehead atoms. The number of hydrogen-bond donors (Lipinski definition) is 1. The Hall–Kier alpha value is -3.59. The molecule has 6 nitrogen and oxygen atoms in total. The first kappa shape index (κ1) is 19.7. The van der Waals surface area contributed by atoms with Crippen LogP contribution < -0.4 is 10.1 Å². The van der Waals surface area contributed by atoms with Crippen LogP contribution in [0.5, 0.6) is 5.75 Å². The molecule has 0 aromatic heterocycles. The summed E-state index contributed by atoms with van der Waals surface area (Å²) < 4.78 is 5.42. The van der Waals surface area contributed by atoms with Crippen LogP contribution in [0.1, 0.15) is 22.8 Å². The van der Waals surface area contributed by atoms with Crippen molar-refractivity contribution in [1.82, 2.24) is 4.90 Å². The van der Waals surface area contributed by atoms with E-state index in [4.69, 9.17) is 4.74 Å². The van der Waals surface area contributed by atoms with Gasteiger partial charge in [0.2, 0.25) is 0 Å². The Labute approximate surface area is 158 Å². The van der Waals surface area contributed by atoms with Gasteiger partial charge in [0.1, 0.15) is 17.4 Å². The molecule has 2 amide bonds. The number of hydrogen-bond acceptors (Lipinski definition) is 4. The van der Waals surface area contributed by atoms with Gasteiger partial charge in [-0.05, 0) is 55.0 Å². The Bertz CT molecular complexity index is 894. The van der Waals surface area contributed by atoms with E-state index in [1.165, 1.54) is 11.0 Å². The minimum atomic E-state index is -0.522. The molecule has 0 spiro atoms. The Kier molecular flexibility index (Phi) is 6.73. The van der Waals surface area contributed by atoms with Gasteiger partial charge in [-0.2, -0.15) is 5.26 Å². The third kappa shape index (κ3) is 5.44. The van der Waals surface area contributed by atoms with Gasteiger partial charge in [0.15, 0.2) is 0 Å². The number of amides is 2. The predicted molar refractivity (Wildman–Crippen MR) is 104 cm³/mol. The maximum absolute atomic E-state index is 12.4. The minimum Gasteiger partial charge on any atom is -0.494 e. The highest BCUT2D eigenvalue weighted by Crippen LogP contribution is 2.17. The third-order valence-electron chi connectivity index (χ3n) is 3.64. The molecule has 0 radical (unpaired) electrons. The first-order chi connectivity index (χ1) is 12.9. The van der Waals surface area contributed by atoms with Gasteiger partial charge in [0.25, 0.3) is 11.8 Å². The molecule has 0 fully saturated rings. The van der Waals surface area contributed by atoms with Crippen molar-refractivity contribution >= 4 is 23.6 Å². The molecule has 0 heterocycles. The highest BCUT2D eigenvalue weighted by Gasteiger charge is 2.11. The standard InChI is InChI=1S/C21H21N3O3/c1-4-27-19-7-5-6-15(13-19)12-17(14-22)20(25)23-18-10-8-16(9-11-18)21(26)24(2)3/h5-13H,4H2,1-3H3,(H,23,25)/b17-12+.